The Kier molecular flexibility index (Phi) is 2.51. The average Bonchev–Trinajstić information content (AvgIpc) is 2.95. The monoisotopic (exact) mass is 316 g/mol. The van der Waals surface area contributed by atoms with Crippen molar-refractivity contribution in [1.29, 1.82) is 0 Å². The van der Waals surface area contributed by atoms with Crippen LogP contribution in [0.15, 0.2) is 24.3 Å². The van der Waals surface area contributed by atoms with E-state index in [9.17, 15) is 28.6 Å². The van der Waals surface area contributed by atoms with Crippen molar-refractivity contribution in [1.82, 2.24) is 0 Å². The number of fused-ring (bicyclic) bond motifs is 4. The molecule has 4 nitrogen and oxygen atoms in total. The third-order valence-electron chi connectivity index (χ3n) is 4.70. The number of rotatable bonds is 0. The maximum absolute atomic E-state index is 14.1. The van der Waals surface area contributed by atoms with Crippen LogP contribution in [-0.2, 0) is 5.41 Å². The molecular weight excluding hydrogens is 306 g/mol. The summed E-state index contributed by atoms with van der Waals surface area (Å²) in [4.78, 5) is 24.5. The molecule has 2 N–H and O–H groups in total. The molecule has 0 radical (unpaired) electrons. The van der Waals surface area contributed by atoms with E-state index in [-0.39, 0.29) is 46.6 Å². The first-order valence-corrected chi connectivity index (χ1v) is 6.97. The van der Waals surface area contributed by atoms with Gasteiger partial charge in [0.2, 0.25) is 0 Å². The molecule has 0 bridgehead atoms. The molecule has 0 amide bonds. The van der Waals surface area contributed by atoms with E-state index >= 15 is 0 Å². The topological polar surface area (TPSA) is 74.6 Å². The number of carbonyl (C=O) groups is 2. The summed E-state index contributed by atoms with van der Waals surface area (Å²) in [5.41, 5.74) is -2.10. The number of benzene rings is 2. The summed E-state index contributed by atoms with van der Waals surface area (Å²) >= 11 is 0. The molecule has 0 fully saturated rings. The average molecular weight is 316 g/mol. The molecule has 6 heteroatoms. The first-order chi connectivity index (χ1) is 10.9. The summed E-state index contributed by atoms with van der Waals surface area (Å²) in [7, 11) is 0. The Bertz CT molecular complexity index is 842. The largest absolute Gasteiger partial charge is 0.508 e. The number of aromatic hydroxyl groups is 2. The predicted octanol–water partition coefficient (Wildman–Crippen LogP) is 2.83. The van der Waals surface area contributed by atoms with Crippen molar-refractivity contribution in [3.8, 4) is 11.5 Å². The standard InChI is InChI=1S/C17H10F2O4/c18-7-1-3-9(20)15-13(7)11(22)5-17(15)6-12(23)14-8(19)2-4-10(21)16(14)17/h1-4,20-21H,5-6H2. The van der Waals surface area contributed by atoms with Crippen molar-refractivity contribution in [3.63, 3.8) is 0 Å². The molecule has 0 unspecified atom stereocenters. The minimum absolute atomic E-state index is 0.0458. The van der Waals surface area contributed by atoms with Gasteiger partial charge in [0.1, 0.15) is 23.1 Å². The minimum atomic E-state index is -1.42. The molecule has 0 heterocycles. The van der Waals surface area contributed by atoms with Gasteiger partial charge < -0.3 is 10.2 Å². The van der Waals surface area contributed by atoms with E-state index in [4.69, 9.17) is 0 Å². The molecule has 0 atom stereocenters. The molecule has 116 valence electrons. The molecule has 23 heavy (non-hydrogen) atoms. The summed E-state index contributed by atoms with van der Waals surface area (Å²) in [6, 6.07) is 4.11. The highest BCUT2D eigenvalue weighted by Gasteiger charge is 2.56. The van der Waals surface area contributed by atoms with Gasteiger partial charge in [0, 0.05) is 29.4 Å². The maximum Gasteiger partial charge on any atom is 0.167 e. The van der Waals surface area contributed by atoms with Gasteiger partial charge in [-0.2, -0.15) is 0 Å². The third kappa shape index (κ3) is 1.52. The molecule has 0 saturated carbocycles. The van der Waals surface area contributed by atoms with Crippen molar-refractivity contribution >= 4 is 11.6 Å². The summed E-state index contributed by atoms with van der Waals surface area (Å²) in [5, 5.41) is 20.3. The first-order valence-electron chi connectivity index (χ1n) is 6.97. The van der Waals surface area contributed by atoms with Gasteiger partial charge in [0.25, 0.3) is 0 Å². The second-order valence-corrected chi connectivity index (χ2v) is 5.92. The molecule has 1 spiro atoms. The molecule has 2 aromatic rings. The predicted molar refractivity (Wildman–Crippen MR) is 74.8 cm³/mol. The van der Waals surface area contributed by atoms with Crippen LogP contribution in [0.5, 0.6) is 11.5 Å². The van der Waals surface area contributed by atoms with Crippen molar-refractivity contribution in [2.45, 2.75) is 18.3 Å². The Morgan fingerprint density at radius 1 is 0.783 bits per heavy atom. The van der Waals surface area contributed by atoms with Crippen LogP contribution in [0.25, 0.3) is 0 Å². The van der Waals surface area contributed by atoms with Crippen LogP contribution in [0.1, 0.15) is 44.7 Å². The molecule has 0 saturated heterocycles. The van der Waals surface area contributed by atoms with Crippen molar-refractivity contribution in [3.05, 3.63) is 58.2 Å². The van der Waals surface area contributed by atoms with E-state index < -0.39 is 28.6 Å². The molecule has 0 aliphatic heterocycles. The second-order valence-electron chi connectivity index (χ2n) is 5.92. The lowest BCUT2D eigenvalue weighted by Gasteiger charge is -2.26. The number of hydrogen-bond acceptors (Lipinski definition) is 4. The van der Waals surface area contributed by atoms with E-state index in [0.29, 0.717) is 0 Å². The van der Waals surface area contributed by atoms with Gasteiger partial charge in [-0.15, -0.1) is 0 Å². The molecule has 2 aromatic carbocycles. The molecule has 0 aromatic heterocycles. The highest BCUT2D eigenvalue weighted by atomic mass is 19.1. The van der Waals surface area contributed by atoms with Crippen LogP contribution in [0, 0.1) is 11.6 Å². The number of phenolic OH excluding ortho intramolecular Hbond substituents is 2. The van der Waals surface area contributed by atoms with E-state index in [1.165, 1.54) is 0 Å². The van der Waals surface area contributed by atoms with Gasteiger partial charge in [-0.3, -0.25) is 9.59 Å². The van der Waals surface area contributed by atoms with Gasteiger partial charge >= 0.3 is 0 Å². The Hall–Kier alpha value is -2.76. The summed E-state index contributed by atoms with van der Waals surface area (Å²) in [6.07, 6.45) is -0.598. The van der Waals surface area contributed by atoms with E-state index in [2.05, 4.69) is 0 Å². The van der Waals surface area contributed by atoms with Gasteiger partial charge in [-0.1, -0.05) is 0 Å². The van der Waals surface area contributed by atoms with Crippen molar-refractivity contribution in [2.24, 2.45) is 0 Å². The normalized spacial score (nSPS) is 17.7. The smallest absolute Gasteiger partial charge is 0.167 e. The van der Waals surface area contributed by atoms with Crippen LogP contribution >= 0.6 is 0 Å². The Balaban J connectivity index is 2.14. The Labute approximate surface area is 129 Å². The van der Waals surface area contributed by atoms with Gasteiger partial charge in [0.15, 0.2) is 11.6 Å². The fourth-order valence-electron chi connectivity index (χ4n) is 3.91. The van der Waals surface area contributed by atoms with Crippen LogP contribution in [0.4, 0.5) is 8.78 Å². The quantitative estimate of drug-likeness (QED) is 0.784. The maximum atomic E-state index is 14.1. The minimum Gasteiger partial charge on any atom is -0.508 e. The molecule has 2 aliphatic carbocycles. The van der Waals surface area contributed by atoms with Crippen LogP contribution < -0.4 is 0 Å². The van der Waals surface area contributed by atoms with Crippen LogP contribution in [0.3, 0.4) is 0 Å². The van der Waals surface area contributed by atoms with Gasteiger partial charge in [0.05, 0.1) is 11.1 Å². The number of ketones is 2. The Morgan fingerprint density at radius 2 is 1.17 bits per heavy atom. The summed E-state index contributed by atoms with van der Waals surface area (Å²) < 4.78 is 28.1. The fourth-order valence-corrected chi connectivity index (χ4v) is 3.91. The van der Waals surface area contributed by atoms with E-state index in [1.54, 1.807) is 0 Å². The fraction of sp³-hybridized carbons (Fsp3) is 0.176. The van der Waals surface area contributed by atoms with E-state index in [0.717, 1.165) is 24.3 Å². The first kappa shape index (κ1) is 13.9. The zero-order chi connectivity index (χ0) is 16.5. The number of hydrogen-bond donors (Lipinski definition) is 2. The zero-order valence-electron chi connectivity index (χ0n) is 11.7. The van der Waals surface area contributed by atoms with Gasteiger partial charge in [-0.25, -0.2) is 8.78 Å². The van der Waals surface area contributed by atoms with E-state index in [1.807, 2.05) is 0 Å². The zero-order valence-corrected chi connectivity index (χ0v) is 11.7. The molecule has 2 aliphatic rings. The van der Waals surface area contributed by atoms with Crippen LogP contribution in [0.2, 0.25) is 0 Å². The van der Waals surface area contributed by atoms with Crippen molar-refractivity contribution < 1.29 is 28.6 Å². The lowest BCUT2D eigenvalue weighted by atomic mass is 9.75. The lowest BCUT2D eigenvalue weighted by Crippen LogP contribution is -2.22. The number of halogens is 2. The number of Topliss-reactive ketones (excluding diaryl/α,β-unsaturated/α-hetero) is 2. The lowest BCUT2D eigenvalue weighted by molar-refractivity contribution is 0.0955. The second kappa shape index (κ2) is 4.16. The summed E-state index contributed by atoms with van der Waals surface area (Å²) in [6.45, 7) is 0. The SMILES string of the molecule is O=C1CC2(CC(=O)c3c(F)ccc(O)c32)c2c(O)ccc(F)c21. The Morgan fingerprint density at radius 3 is 1.57 bits per heavy atom. The third-order valence-corrected chi connectivity index (χ3v) is 4.70. The molecule has 4 rings (SSSR count). The summed E-state index contributed by atoms with van der Waals surface area (Å²) in [5.74, 6) is -3.49. The van der Waals surface area contributed by atoms with Gasteiger partial charge in [-0.05, 0) is 24.3 Å². The van der Waals surface area contributed by atoms with Crippen molar-refractivity contribution in [2.75, 3.05) is 0 Å². The number of carbonyl (C=O) groups excluding carboxylic acids is 2. The number of phenols is 2. The van der Waals surface area contributed by atoms with Crippen LogP contribution in [-0.4, -0.2) is 21.8 Å². The highest BCUT2D eigenvalue weighted by Crippen LogP contribution is 2.57. The highest BCUT2D eigenvalue weighted by molar-refractivity contribution is 6.11. The molecular formula is C17H10F2O4.